The van der Waals surface area contributed by atoms with E-state index in [0.717, 1.165) is 5.56 Å². The minimum atomic E-state index is -1.07. The molecule has 5 nitrogen and oxygen atoms in total. The molecule has 1 unspecified atom stereocenters. The van der Waals surface area contributed by atoms with Gasteiger partial charge in [0, 0.05) is 5.56 Å². The molecule has 2 aromatic rings. The Bertz CT molecular complexity index is 781. The lowest BCUT2D eigenvalue weighted by Gasteiger charge is -2.14. The number of carbonyl (C=O) groups excluding carboxylic acids is 1. The molecule has 1 atom stereocenters. The van der Waals surface area contributed by atoms with Gasteiger partial charge < -0.3 is 14.8 Å². The standard InChI is InChI=1S/C17H16FNO4/c1-9-8-23-14(7-15(20)21)16(9)17(22)19-13-6-5-10-11(13)3-2-4-12(10)18/h2-4,8,13H,5-7H2,1H3,(H,19,22)(H,20,21). The van der Waals surface area contributed by atoms with Crippen LogP contribution in [0.25, 0.3) is 0 Å². The zero-order valence-corrected chi connectivity index (χ0v) is 12.6. The number of aliphatic carboxylic acids is 1. The van der Waals surface area contributed by atoms with E-state index in [4.69, 9.17) is 9.52 Å². The van der Waals surface area contributed by atoms with Crippen molar-refractivity contribution in [1.29, 1.82) is 0 Å². The predicted molar refractivity (Wildman–Crippen MR) is 79.7 cm³/mol. The second-order valence-electron chi connectivity index (χ2n) is 5.66. The van der Waals surface area contributed by atoms with Crippen LogP contribution in [0.1, 0.15) is 45.3 Å². The Hall–Kier alpha value is -2.63. The van der Waals surface area contributed by atoms with Crippen LogP contribution in [-0.4, -0.2) is 17.0 Å². The average Bonchev–Trinajstić information content (AvgIpc) is 3.04. The molecule has 0 spiro atoms. The number of halogens is 1. The summed E-state index contributed by atoms with van der Waals surface area (Å²) in [5.41, 5.74) is 2.24. The van der Waals surface area contributed by atoms with Crippen molar-refractivity contribution in [3.05, 3.63) is 58.3 Å². The van der Waals surface area contributed by atoms with Gasteiger partial charge in [-0.15, -0.1) is 0 Å². The van der Waals surface area contributed by atoms with Gasteiger partial charge in [0.2, 0.25) is 0 Å². The number of aryl methyl sites for hydroxylation is 1. The average molecular weight is 317 g/mol. The molecule has 1 aromatic heterocycles. The lowest BCUT2D eigenvalue weighted by atomic mass is 10.1. The topological polar surface area (TPSA) is 79.5 Å². The Kier molecular flexibility index (Phi) is 3.90. The molecule has 1 aliphatic carbocycles. The third-order valence-corrected chi connectivity index (χ3v) is 4.11. The van der Waals surface area contributed by atoms with Gasteiger partial charge in [0.15, 0.2) is 0 Å². The fourth-order valence-corrected chi connectivity index (χ4v) is 3.06. The lowest BCUT2D eigenvalue weighted by Crippen LogP contribution is -2.28. The molecule has 23 heavy (non-hydrogen) atoms. The van der Waals surface area contributed by atoms with Gasteiger partial charge in [-0.05, 0) is 37.0 Å². The highest BCUT2D eigenvalue weighted by Crippen LogP contribution is 2.33. The van der Waals surface area contributed by atoms with Crippen LogP contribution in [0.2, 0.25) is 0 Å². The molecule has 1 heterocycles. The number of amides is 1. The molecular formula is C17H16FNO4. The van der Waals surface area contributed by atoms with Crippen molar-refractivity contribution in [2.45, 2.75) is 32.2 Å². The maximum absolute atomic E-state index is 13.8. The molecule has 0 saturated heterocycles. The van der Waals surface area contributed by atoms with Crippen LogP contribution in [0.15, 0.2) is 28.9 Å². The first-order chi connectivity index (χ1) is 11.0. The second-order valence-corrected chi connectivity index (χ2v) is 5.66. The number of nitrogens with one attached hydrogen (secondary N) is 1. The molecule has 120 valence electrons. The third-order valence-electron chi connectivity index (χ3n) is 4.11. The van der Waals surface area contributed by atoms with Gasteiger partial charge in [0.25, 0.3) is 5.91 Å². The second kappa shape index (κ2) is 5.87. The molecule has 3 rings (SSSR count). The fourth-order valence-electron chi connectivity index (χ4n) is 3.06. The van der Waals surface area contributed by atoms with Gasteiger partial charge >= 0.3 is 5.97 Å². The summed E-state index contributed by atoms with van der Waals surface area (Å²) in [5, 5.41) is 11.8. The highest BCUT2D eigenvalue weighted by molar-refractivity contribution is 5.97. The molecule has 1 aliphatic rings. The molecule has 0 bridgehead atoms. The summed E-state index contributed by atoms with van der Waals surface area (Å²) in [7, 11) is 0. The quantitative estimate of drug-likeness (QED) is 0.909. The summed E-state index contributed by atoms with van der Waals surface area (Å²) in [6.45, 7) is 1.69. The number of benzene rings is 1. The Morgan fingerprint density at radius 1 is 1.43 bits per heavy atom. The van der Waals surface area contributed by atoms with Crippen LogP contribution < -0.4 is 5.32 Å². The minimum Gasteiger partial charge on any atom is -0.481 e. The number of fused-ring (bicyclic) bond motifs is 1. The molecule has 0 aliphatic heterocycles. The van der Waals surface area contributed by atoms with Gasteiger partial charge in [-0.2, -0.15) is 0 Å². The highest BCUT2D eigenvalue weighted by Gasteiger charge is 2.28. The van der Waals surface area contributed by atoms with Crippen LogP contribution >= 0.6 is 0 Å². The van der Waals surface area contributed by atoms with Gasteiger partial charge in [0.05, 0.1) is 17.9 Å². The lowest BCUT2D eigenvalue weighted by molar-refractivity contribution is -0.136. The number of carbonyl (C=O) groups is 2. The minimum absolute atomic E-state index is 0.130. The van der Waals surface area contributed by atoms with Crippen molar-refractivity contribution < 1.29 is 23.5 Å². The van der Waals surface area contributed by atoms with Crippen LogP contribution in [0, 0.1) is 12.7 Å². The fraction of sp³-hybridized carbons (Fsp3) is 0.294. The first-order valence-corrected chi connectivity index (χ1v) is 7.34. The van der Waals surface area contributed by atoms with E-state index in [1.165, 1.54) is 12.3 Å². The zero-order chi connectivity index (χ0) is 16.6. The van der Waals surface area contributed by atoms with Gasteiger partial charge in [-0.1, -0.05) is 12.1 Å². The number of hydrogen-bond donors (Lipinski definition) is 2. The molecular weight excluding hydrogens is 301 g/mol. The number of furan rings is 1. The van der Waals surface area contributed by atoms with Gasteiger partial charge in [-0.3, -0.25) is 9.59 Å². The molecule has 6 heteroatoms. The third kappa shape index (κ3) is 2.84. The van der Waals surface area contributed by atoms with Crippen molar-refractivity contribution >= 4 is 11.9 Å². The SMILES string of the molecule is Cc1coc(CC(=O)O)c1C(=O)NC1CCc2c(F)cccc21. The van der Waals surface area contributed by atoms with Crippen LogP contribution in [0.4, 0.5) is 4.39 Å². The first kappa shape index (κ1) is 15.3. The Morgan fingerprint density at radius 3 is 2.96 bits per heavy atom. The van der Waals surface area contributed by atoms with E-state index in [2.05, 4.69) is 5.32 Å². The van der Waals surface area contributed by atoms with E-state index in [1.54, 1.807) is 19.1 Å². The van der Waals surface area contributed by atoms with Gasteiger partial charge in [-0.25, -0.2) is 4.39 Å². The van der Waals surface area contributed by atoms with Crippen molar-refractivity contribution in [3.63, 3.8) is 0 Å². The van der Waals surface area contributed by atoms with Crippen molar-refractivity contribution in [1.82, 2.24) is 5.32 Å². The maximum Gasteiger partial charge on any atom is 0.311 e. The summed E-state index contributed by atoms with van der Waals surface area (Å²) in [6, 6.07) is 4.56. The molecule has 2 N–H and O–H groups in total. The largest absolute Gasteiger partial charge is 0.481 e. The van der Waals surface area contributed by atoms with Crippen LogP contribution in [0.5, 0.6) is 0 Å². The number of hydrogen-bond acceptors (Lipinski definition) is 3. The van der Waals surface area contributed by atoms with E-state index >= 15 is 0 Å². The number of carboxylic acid groups (broad SMARTS) is 1. The van der Waals surface area contributed by atoms with E-state index in [-0.39, 0.29) is 29.6 Å². The predicted octanol–water partition coefficient (Wildman–Crippen LogP) is 2.77. The van der Waals surface area contributed by atoms with E-state index in [0.29, 0.717) is 24.0 Å². The molecule has 0 fully saturated rings. The Labute approximate surface area is 132 Å². The number of carboxylic acids is 1. The van der Waals surface area contributed by atoms with Crippen molar-refractivity contribution in [2.24, 2.45) is 0 Å². The number of rotatable bonds is 4. The normalized spacial score (nSPS) is 16.2. The smallest absolute Gasteiger partial charge is 0.311 e. The Balaban J connectivity index is 1.83. The summed E-state index contributed by atoms with van der Waals surface area (Å²) >= 11 is 0. The zero-order valence-electron chi connectivity index (χ0n) is 12.6. The summed E-state index contributed by atoms with van der Waals surface area (Å²) in [5.74, 6) is -1.59. The molecule has 0 saturated carbocycles. The van der Waals surface area contributed by atoms with E-state index in [9.17, 15) is 14.0 Å². The van der Waals surface area contributed by atoms with Crippen LogP contribution in [0.3, 0.4) is 0 Å². The summed E-state index contributed by atoms with van der Waals surface area (Å²) in [4.78, 5) is 23.4. The molecule has 1 aromatic carbocycles. The molecule has 1 amide bonds. The molecule has 0 radical (unpaired) electrons. The maximum atomic E-state index is 13.8. The monoisotopic (exact) mass is 317 g/mol. The van der Waals surface area contributed by atoms with Crippen molar-refractivity contribution in [3.8, 4) is 0 Å². The first-order valence-electron chi connectivity index (χ1n) is 7.34. The van der Waals surface area contributed by atoms with E-state index in [1.807, 2.05) is 0 Å². The summed E-state index contributed by atoms with van der Waals surface area (Å²) in [6.07, 6.45) is 2.20. The van der Waals surface area contributed by atoms with Crippen molar-refractivity contribution in [2.75, 3.05) is 0 Å². The van der Waals surface area contributed by atoms with Crippen LogP contribution in [-0.2, 0) is 17.6 Å². The highest BCUT2D eigenvalue weighted by atomic mass is 19.1. The van der Waals surface area contributed by atoms with Gasteiger partial charge in [0.1, 0.15) is 18.0 Å². The van der Waals surface area contributed by atoms with E-state index < -0.39 is 11.9 Å². The Morgan fingerprint density at radius 2 is 2.22 bits per heavy atom. The summed E-state index contributed by atoms with van der Waals surface area (Å²) < 4.78 is 18.9.